The molecule has 0 unspecified atom stereocenters. The van der Waals surface area contributed by atoms with Gasteiger partial charge in [0.25, 0.3) is 10.2 Å². The summed E-state index contributed by atoms with van der Waals surface area (Å²) in [5.74, 6) is 2.35. The van der Waals surface area contributed by atoms with Crippen LogP contribution in [-0.2, 0) is 10.2 Å². The standard InChI is InChI=1S/C9H18N2O2S/c1-7-9(5,6)11-14(12,13)10-8(2,3)4/h1,10-11H,2-6H3. The molecule has 0 amide bonds. The van der Waals surface area contributed by atoms with Gasteiger partial charge in [-0.1, -0.05) is 5.92 Å². The van der Waals surface area contributed by atoms with Crippen molar-refractivity contribution in [2.24, 2.45) is 0 Å². The van der Waals surface area contributed by atoms with Crippen molar-refractivity contribution in [2.45, 2.75) is 45.7 Å². The van der Waals surface area contributed by atoms with Crippen LogP contribution in [0.1, 0.15) is 34.6 Å². The maximum atomic E-state index is 11.5. The second-order valence-corrected chi connectivity index (χ2v) is 6.14. The van der Waals surface area contributed by atoms with Gasteiger partial charge in [0.2, 0.25) is 0 Å². The van der Waals surface area contributed by atoms with E-state index in [9.17, 15) is 8.42 Å². The minimum Gasteiger partial charge on any atom is -0.197 e. The molecule has 0 heterocycles. The first-order chi connectivity index (χ1) is 5.97. The maximum absolute atomic E-state index is 11.5. The third-order valence-corrected chi connectivity index (χ3v) is 2.85. The van der Waals surface area contributed by atoms with Crippen molar-refractivity contribution in [1.82, 2.24) is 9.44 Å². The predicted molar refractivity (Wildman–Crippen MR) is 57.9 cm³/mol. The van der Waals surface area contributed by atoms with E-state index in [4.69, 9.17) is 6.42 Å². The lowest BCUT2D eigenvalue weighted by atomic mass is 10.1. The molecule has 0 fully saturated rings. The molecule has 14 heavy (non-hydrogen) atoms. The third kappa shape index (κ3) is 5.97. The van der Waals surface area contributed by atoms with E-state index in [1.165, 1.54) is 0 Å². The zero-order valence-electron chi connectivity index (χ0n) is 9.30. The first-order valence-corrected chi connectivity index (χ1v) is 5.76. The molecule has 0 bridgehead atoms. The summed E-state index contributed by atoms with van der Waals surface area (Å²) < 4.78 is 27.8. The lowest BCUT2D eigenvalue weighted by Crippen LogP contribution is -2.52. The molecule has 0 aromatic rings. The van der Waals surface area contributed by atoms with Crippen LogP contribution in [0.4, 0.5) is 0 Å². The van der Waals surface area contributed by atoms with Crippen molar-refractivity contribution < 1.29 is 8.42 Å². The normalized spacial score (nSPS) is 13.7. The highest BCUT2D eigenvalue weighted by molar-refractivity contribution is 7.87. The van der Waals surface area contributed by atoms with Crippen molar-refractivity contribution >= 4 is 10.2 Å². The van der Waals surface area contributed by atoms with Gasteiger partial charge >= 0.3 is 0 Å². The summed E-state index contributed by atoms with van der Waals surface area (Å²) in [6.45, 7) is 8.52. The minimum atomic E-state index is -3.55. The highest BCUT2D eigenvalue weighted by Crippen LogP contribution is 2.05. The van der Waals surface area contributed by atoms with Gasteiger partial charge < -0.3 is 0 Å². The van der Waals surface area contributed by atoms with Gasteiger partial charge in [-0.15, -0.1) is 6.42 Å². The molecule has 0 aliphatic heterocycles. The Morgan fingerprint density at radius 3 is 1.79 bits per heavy atom. The summed E-state index contributed by atoms with van der Waals surface area (Å²) >= 11 is 0. The van der Waals surface area contributed by atoms with Gasteiger partial charge in [-0.2, -0.15) is 17.9 Å². The van der Waals surface area contributed by atoms with Gasteiger partial charge in [-0.25, -0.2) is 0 Å². The summed E-state index contributed by atoms with van der Waals surface area (Å²) in [4.78, 5) is 0. The third-order valence-electron chi connectivity index (χ3n) is 1.19. The number of rotatable bonds is 3. The second-order valence-electron chi connectivity index (χ2n) is 4.73. The molecule has 0 aromatic heterocycles. The number of hydrogen-bond donors (Lipinski definition) is 2. The van der Waals surface area contributed by atoms with Crippen LogP contribution in [0.15, 0.2) is 0 Å². The van der Waals surface area contributed by atoms with E-state index in [-0.39, 0.29) is 0 Å². The van der Waals surface area contributed by atoms with Crippen molar-refractivity contribution in [3.8, 4) is 12.3 Å². The molecule has 82 valence electrons. The van der Waals surface area contributed by atoms with Crippen LogP contribution in [0.5, 0.6) is 0 Å². The molecule has 0 radical (unpaired) electrons. The monoisotopic (exact) mass is 218 g/mol. The van der Waals surface area contributed by atoms with Gasteiger partial charge in [0.15, 0.2) is 0 Å². The summed E-state index contributed by atoms with van der Waals surface area (Å²) in [7, 11) is -3.55. The molecule has 0 aliphatic carbocycles. The van der Waals surface area contributed by atoms with Crippen LogP contribution in [0.2, 0.25) is 0 Å². The highest BCUT2D eigenvalue weighted by atomic mass is 32.2. The van der Waals surface area contributed by atoms with E-state index in [2.05, 4.69) is 15.4 Å². The zero-order valence-corrected chi connectivity index (χ0v) is 10.1. The fourth-order valence-electron chi connectivity index (χ4n) is 0.794. The van der Waals surface area contributed by atoms with Crippen LogP contribution in [0.25, 0.3) is 0 Å². The number of terminal acetylenes is 1. The average Bonchev–Trinajstić information content (AvgIpc) is 1.78. The number of nitrogens with one attached hydrogen (secondary N) is 2. The molecule has 0 rings (SSSR count). The molecular formula is C9H18N2O2S. The molecule has 0 aromatic carbocycles. The quantitative estimate of drug-likeness (QED) is 0.682. The Hall–Kier alpha value is -0.570. The first kappa shape index (κ1) is 13.4. The molecular weight excluding hydrogens is 200 g/mol. The van der Waals surface area contributed by atoms with Crippen LogP contribution >= 0.6 is 0 Å². The van der Waals surface area contributed by atoms with Crippen molar-refractivity contribution in [2.75, 3.05) is 0 Å². The van der Waals surface area contributed by atoms with E-state index in [0.717, 1.165) is 0 Å². The fourth-order valence-corrected chi connectivity index (χ4v) is 2.38. The predicted octanol–water partition coefficient (Wildman–Crippen LogP) is 0.621. The van der Waals surface area contributed by atoms with Crippen LogP contribution in [0, 0.1) is 12.3 Å². The van der Waals surface area contributed by atoms with Gasteiger partial charge in [-0.3, -0.25) is 0 Å². The van der Waals surface area contributed by atoms with Crippen LogP contribution < -0.4 is 9.44 Å². The van der Waals surface area contributed by atoms with Crippen molar-refractivity contribution in [3.63, 3.8) is 0 Å². The Balaban J connectivity index is 4.63. The molecule has 0 atom stereocenters. The van der Waals surface area contributed by atoms with Gasteiger partial charge in [0.05, 0.1) is 5.54 Å². The van der Waals surface area contributed by atoms with Crippen LogP contribution in [-0.4, -0.2) is 19.5 Å². The second kappa shape index (κ2) is 3.89. The maximum Gasteiger partial charge on any atom is 0.278 e. The Bertz CT molecular complexity index is 331. The largest absolute Gasteiger partial charge is 0.278 e. The summed E-state index contributed by atoms with van der Waals surface area (Å²) in [6.07, 6.45) is 5.17. The molecule has 5 heteroatoms. The molecule has 0 saturated carbocycles. The summed E-state index contributed by atoms with van der Waals surface area (Å²) in [6, 6.07) is 0. The van der Waals surface area contributed by atoms with E-state index >= 15 is 0 Å². The molecule has 4 nitrogen and oxygen atoms in total. The molecule has 0 saturated heterocycles. The zero-order chi connectivity index (χ0) is 11.6. The molecule has 0 spiro atoms. The fraction of sp³-hybridized carbons (Fsp3) is 0.778. The van der Waals surface area contributed by atoms with E-state index in [0.29, 0.717) is 0 Å². The topological polar surface area (TPSA) is 58.2 Å². The average molecular weight is 218 g/mol. The summed E-state index contributed by atoms with van der Waals surface area (Å²) in [5, 5.41) is 0. The van der Waals surface area contributed by atoms with Gasteiger partial charge in [0.1, 0.15) is 0 Å². The van der Waals surface area contributed by atoms with Crippen molar-refractivity contribution in [1.29, 1.82) is 0 Å². The van der Waals surface area contributed by atoms with E-state index < -0.39 is 21.3 Å². The van der Waals surface area contributed by atoms with Crippen molar-refractivity contribution in [3.05, 3.63) is 0 Å². The summed E-state index contributed by atoms with van der Waals surface area (Å²) in [5.41, 5.74) is -1.40. The molecule has 0 aliphatic rings. The molecule has 2 N–H and O–H groups in total. The lowest BCUT2D eigenvalue weighted by molar-refractivity contribution is 0.469. The van der Waals surface area contributed by atoms with Crippen LogP contribution in [0.3, 0.4) is 0 Å². The SMILES string of the molecule is C#CC(C)(C)NS(=O)(=O)NC(C)(C)C. The highest BCUT2D eigenvalue weighted by Gasteiger charge is 2.26. The van der Waals surface area contributed by atoms with E-state index in [1.54, 1.807) is 34.6 Å². The number of hydrogen-bond acceptors (Lipinski definition) is 2. The van der Waals surface area contributed by atoms with Gasteiger partial charge in [0, 0.05) is 5.54 Å². The Labute approximate surface area is 86.7 Å². The Kier molecular flexibility index (Phi) is 3.73. The Morgan fingerprint density at radius 1 is 1.07 bits per heavy atom. The van der Waals surface area contributed by atoms with Gasteiger partial charge in [-0.05, 0) is 34.6 Å². The Morgan fingerprint density at radius 2 is 1.50 bits per heavy atom. The first-order valence-electron chi connectivity index (χ1n) is 4.28. The smallest absolute Gasteiger partial charge is 0.197 e. The van der Waals surface area contributed by atoms with E-state index in [1.807, 2.05) is 0 Å². The lowest BCUT2D eigenvalue weighted by Gasteiger charge is -2.25. The minimum absolute atomic E-state index is 0.517.